The minimum Gasteiger partial charge on any atom is -0.384 e. The van der Waals surface area contributed by atoms with Gasteiger partial charge in [-0.1, -0.05) is 0 Å². The van der Waals surface area contributed by atoms with Gasteiger partial charge in [-0.3, -0.25) is 5.41 Å². The lowest BCUT2D eigenvalue weighted by atomic mass is 10.2. The van der Waals surface area contributed by atoms with Gasteiger partial charge in [-0.2, -0.15) is 0 Å². The second-order valence-electron chi connectivity index (χ2n) is 2.27. The first-order chi connectivity index (χ1) is 6.02. The fourth-order valence-corrected chi connectivity index (χ4v) is 1.13. The van der Waals surface area contributed by atoms with E-state index in [1.54, 1.807) is 0 Å². The molecule has 0 amide bonds. The highest BCUT2D eigenvalue weighted by atomic mass is 32.2. The maximum Gasteiger partial charge on any atom is 0.188 e. The minimum absolute atomic E-state index is 0.0689. The number of aromatic nitrogens is 1. The van der Waals surface area contributed by atoms with Gasteiger partial charge in [0.05, 0.1) is 10.5 Å². The Hall–Kier alpha value is -1.47. The molecule has 1 unspecified atom stereocenters. The van der Waals surface area contributed by atoms with Crippen LogP contribution in [0.1, 0.15) is 5.56 Å². The molecule has 1 aromatic rings. The summed E-state index contributed by atoms with van der Waals surface area (Å²) in [6.45, 7) is 0. The standard InChI is InChI=1S/C6H8N4O2S/c7-5(8)4-1-3(13(11)12)2-10-6(4)9/h1-2H,(H3,7,8)(H2,9,10)(H,11,12). The average molecular weight is 200 g/mol. The Bertz CT molecular complexity index is 379. The number of nitrogens with two attached hydrogens (primary N) is 2. The van der Waals surface area contributed by atoms with Crippen LogP contribution in [-0.2, 0) is 11.1 Å². The molecule has 0 radical (unpaired) electrons. The van der Waals surface area contributed by atoms with Crippen molar-refractivity contribution in [3.8, 4) is 0 Å². The van der Waals surface area contributed by atoms with Crippen molar-refractivity contribution in [2.24, 2.45) is 5.73 Å². The van der Waals surface area contributed by atoms with Crippen LogP contribution in [-0.4, -0.2) is 19.6 Å². The molecular formula is C6H8N4O2S. The average Bonchev–Trinajstić information content (AvgIpc) is 2.04. The van der Waals surface area contributed by atoms with Gasteiger partial charge in [-0.25, -0.2) is 9.19 Å². The largest absolute Gasteiger partial charge is 0.384 e. The summed E-state index contributed by atoms with van der Waals surface area (Å²) in [5, 5.41) is 7.09. The van der Waals surface area contributed by atoms with E-state index in [1.807, 2.05) is 0 Å². The lowest BCUT2D eigenvalue weighted by Crippen LogP contribution is -2.15. The number of rotatable bonds is 2. The second-order valence-corrected chi connectivity index (χ2v) is 3.24. The van der Waals surface area contributed by atoms with Crippen molar-refractivity contribution in [1.82, 2.24) is 4.98 Å². The molecule has 0 aliphatic carbocycles. The number of amidine groups is 1. The van der Waals surface area contributed by atoms with E-state index in [9.17, 15) is 4.21 Å². The topological polar surface area (TPSA) is 126 Å². The van der Waals surface area contributed by atoms with Crippen LogP contribution in [0.2, 0.25) is 0 Å². The molecule has 0 saturated heterocycles. The van der Waals surface area contributed by atoms with Gasteiger partial charge in [0.15, 0.2) is 11.1 Å². The summed E-state index contributed by atoms with van der Waals surface area (Å²) in [4.78, 5) is 3.69. The summed E-state index contributed by atoms with van der Waals surface area (Å²) in [5.74, 6) is -0.209. The summed E-state index contributed by atoms with van der Waals surface area (Å²) in [6.07, 6.45) is 1.16. The van der Waals surface area contributed by atoms with Crippen molar-refractivity contribution in [3.63, 3.8) is 0 Å². The Morgan fingerprint density at radius 1 is 1.69 bits per heavy atom. The van der Waals surface area contributed by atoms with Crippen LogP contribution in [0, 0.1) is 5.41 Å². The molecule has 1 aromatic heterocycles. The summed E-state index contributed by atoms with van der Waals surface area (Å²) in [5.41, 5.74) is 10.7. The molecule has 0 fully saturated rings. The zero-order valence-corrected chi connectivity index (χ0v) is 7.34. The molecule has 0 aliphatic rings. The van der Waals surface area contributed by atoms with Gasteiger partial charge in [0, 0.05) is 6.20 Å². The van der Waals surface area contributed by atoms with Gasteiger partial charge < -0.3 is 16.0 Å². The van der Waals surface area contributed by atoms with Crippen LogP contribution in [0.3, 0.4) is 0 Å². The summed E-state index contributed by atoms with van der Waals surface area (Å²) in [7, 11) is 0. The highest BCUT2D eigenvalue weighted by Crippen LogP contribution is 2.11. The smallest absolute Gasteiger partial charge is 0.188 e. The van der Waals surface area contributed by atoms with E-state index in [0.29, 0.717) is 0 Å². The van der Waals surface area contributed by atoms with Crippen molar-refractivity contribution in [2.45, 2.75) is 4.90 Å². The molecule has 0 saturated carbocycles. The lowest BCUT2D eigenvalue weighted by molar-refractivity contribution is 0.564. The number of pyridine rings is 1. The Morgan fingerprint density at radius 3 is 2.77 bits per heavy atom. The fraction of sp³-hybridized carbons (Fsp3) is 0. The third kappa shape index (κ3) is 2.01. The summed E-state index contributed by atoms with van der Waals surface area (Å²) < 4.78 is 19.3. The zero-order valence-electron chi connectivity index (χ0n) is 6.52. The molecule has 0 aliphatic heterocycles. The highest BCUT2D eigenvalue weighted by molar-refractivity contribution is 7.79. The van der Waals surface area contributed by atoms with Crippen molar-refractivity contribution in [1.29, 1.82) is 5.41 Å². The predicted molar refractivity (Wildman–Crippen MR) is 48.7 cm³/mol. The first-order valence-electron chi connectivity index (χ1n) is 3.23. The van der Waals surface area contributed by atoms with Crippen molar-refractivity contribution < 1.29 is 8.76 Å². The Labute approximate surface area is 76.8 Å². The van der Waals surface area contributed by atoms with E-state index in [0.717, 1.165) is 6.20 Å². The molecule has 70 valence electrons. The molecule has 13 heavy (non-hydrogen) atoms. The van der Waals surface area contributed by atoms with Gasteiger partial charge in [0.1, 0.15) is 11.7 Å². The molecular weight excluding hydrogens is 192 g/mol. The number of nitrogens with one attached hydrogen (secondary N) is 1. The first kappa shape index (κ1) is 9.62. The molecule has 7 heteroatoms. The van der Waals surface area contributed by atoms with Gasteiger partial charge in [0.25, 0.3) is 0 Å². The molecule has 1 atom stereocenters. The number of nitrogen functional groups attached to an aromatic ring is 2. The highest BCUT2D eigenvalue weighted by Gasteiger charge is 2.08. The molecule has 1 rings (SSSR count). The van der Waals surface area contributed by atoms with Crippen LogP contribution in [0.15, 0.2) is 17.2 Å². The molecule has 1 heterocycles. The molecule has 6 N–H and O–H groups in total. The zero-order chi connectivity index (χ0) is 10.0. The SMILES string of the molecule is N=C(N)c1cc(S(=O)O)cnc1N. The van der Waals surface area contributed by atoms with Crippen LogP contribution in [0.4, 0.5) is 5.82 Å². The second kappa shape index (κ2) is 3.50. The van der Waals surface area contributed by atoms with Gasteiger partial charge in [0.2, 0.25) is 0 Å². The number of hydrogen-bond donors (Lipinski definition) is 4. The van der Waals surface area contributed by atoms with Crippen LogP contribution in [0.5, 0.6) is 0 Å². The van der Waals surface area contributed by atoms with Crippen molar-refractivity contribution in [3.05, 3.63) is 17.8 Å². The molecule has 6 nitrogen and oxygen atoms in total. The van der Waals surface area contributed by atoms with Crippen LogP contribution in [0.25, 0.3) is 0 Å². The summed E-state index contributed by atoms with van der Waals surface area (Å²) in [6, 6.07) is 1.26. The monoisotopic (exact) mass is 200 g/mol. The summed E-state index contributed by atoms with van der Waals surface area (Å²) >= 11 is -2.13. The third-order valence-electron chi connectivity index (χ3n) is 1.39. The number of nitrogens with zero attached hydrogens (tertiary/aromatic N) is 1. The maximum atomic E-state index is 10.6. The quantitative estimate of drug-likeness (QED) is 0.291. The Kier molecular flexibility index (Phi) is 2.59. The molecule has 0 spiro atoms. The van der Waals surface area contributed by atoms with E-state index in [2.05, 4.69) is 4.98 Å². The lowest BCUT2D eigenvalue weighted by Gasteiger charge is -2.03. The predicted octanol–water partition coefficient (Wildman–Crippen LogP) is -0.472. The van der Waals surface area contributed by atoms with Gasteiger partial charge >= 0.3 is 0 Å². The minimum atomic E-state index is -2.13. The van der Waals surface area contributed by atoms with E-state index >= 15 is 0 Å². The molecule has 0 bridgehead atoms. The van der Waals surface area contributed by atoms with E-state index in [1.165, 1.54) is 6.07 Å². The van der Waals surface area contributed by atoms with E-state index < -0.39 is 11.1 Å². The van der Waals surface area contributed by atoms with Crippen molar-refractivity contribution >= 4 is 22.7 Å². The van der Waals surface area contributed by atoms with Crippen molar-refractivity contribution in [2.75, 3.05) is 5.73 Å². The molecule has 0 aromatic carbocycles. The Balaban J connectivity index is 3.27. The fourth-order valence-electron chi connectivity index (χ4n) is 0.767. The maximum absolute atomic E-state index is 10.6. The van der Waals surface area contributed by atoms with Gasteiger partial charge in [-0.15, -0.1) is 0 Å². The third-order valence-corrected chi connectivity index (χ3v) is 2.01. The van der Waals surface area contributed by atoms with Crippen LogP contribution < -0.4 is 11.5 Å². The van der Waals surface area contributed by atoms with Crippen LogP contribution >= 0.6 is 0 Å². The van der Waals surface area contributed by atoms with Gasteiger partial charge in [-0.05, 0) is 6.07 Å². The number of anilines is 1. The first-order valence-corrected chi connectivity index (χ1v) is 4.34. The Morgan fingerprint density at radius 2 is 2.31 bits per heavy atom. The van der Waals surface area contributed by atoms with E-state index in [-0.39, 0.29) is 22.1 Å². The number of hydrogen-bond acceptors (Lipinski definition) is 4. The van der Waals surface area contributed by atoms with E-state index in [4.69, 9.17) is 21.4 Å². The normalized spacial score (nSPS) is 12.4.